The summed E-state index contributed by atoms with van der Waals surface area (Å²) in [6.07, 6.45) is -1.98. The van der Waals surface area contributed by atoms with Crippen LogP contribution in [0.2, 0.25) is 4.47 Å². The van der Waals surface area contributed by atoms with E-state index in [0.29, 0.717) is 24.1 Å². The van der Waals surface area contributed by atoms with Crippen LogP contribution in [0.25, 0.3) is 0 Å². The first kappa shape index (κ1) is 13.1. The summed E-state index contributed by atoms with van der Waals surface area (Å²) in [7, 11) is 0. The number of halogens is 4. The molecule has 1 aromatic heterocycles. The zero-order chi connectivity index (χ0) is 12.5. The van der Waals surface area contributed by atoms with E-state index >= 15 is 0 Å². The molecule has 17 heavy (non-hydrogen) atoms. The van der Waals surface area contributed by atoms with Gasteiger partial charge in [-0.25, -0.2) is 4.98 Å². The van der Waals surface area contributed by atoms with E-state index < -0.39 is 12.1 Å². The van der Waals surface area contributed by atoms with Gasteiger partial charge in [0, 0.05) is 17.6 Å². The van der Waals surface area contributed by atoms with Crippen LogP contribution in [0.15, 0.2) is 6.20 Å². The predicted molar refractivity (Wildman–Crippen MR) is 61.2 cm³/mol. The molecule has 1 fully saturated rings. The number of aromatic nitrogens is 1. The Hall–Kier alpha value is -0.330. The van der Waals surface area contributed by atoms with E-state index in [2.05, 4.69) is 4.98 Å². The standard InChI is InChI=1S/C10H12ClF3N2S/c11-9-15-5-8(17-9)6-16-3-1-7(2-4-16)10(12,13)14/h5,7H,1-4,6H2. The van der Waals surface area contributed by atoms with Crippen LogP contribution in [0.5, 0.6) is 0 Å². The van der Waals surface area contributed by atoms with Gasteiger partial charge in [0.05, 0.1) is 5.92 Å². The summed E-state index contributed by atoms with van der Waals surface area (Å²) in [6.45, 7) is 1.62. The Morgan fingerprint density at radius 2 is 2.06 bits per heavy atom. The van der Waals surface area contributed by atoms with E-state index in [-0.39, 0.29) is 12.8 Å². The number of piperidine rings is 1. The Labute approximate surface area is 106 Å². The maximum absolute atomic E-state index is 12.5. The number of nitrogens with zero attached hydrogens (tertiary/aromatic N) is 2. The molecule has 0 radical (unpaired) electrons. The maximum atomic E-state index is 12.5. The quantitative estimate of drug-likeness (QED) is 0.825. The van der Waals surface area contributed by atoms with Crippen molar-refractivity contribution in [1.82, 2.24) is 9.88 Å². The zero-order valence-corrected chi connectivity index (χ0v) is 10.6. The normalized spacial score (nSPS) is 19.8. The van der Waals surface area contributed by atoms with Crippen LogP contribution in [0.4, 0.5) is 13.2 Å². The van der Waals surface area contributed by atoms with Crippen LogP contribution in [0.1, 0.15) is 17.7 Å². The summed E-state index contributed by atoms with van der Waals surface area (Å²) < 4.78 is 37.8. The summed E-state index contributed by atoms with van der Waals surface area (Å²) in [5.74, 6) is -1.14. The summed E-state index contributed by atoms with van der Waals surface area (Å²) in [5.41, 5.74) is 0. The summed E-state index contributed by atoms with van der Waals surface area (Å²) >= 11 is 7.08. The highest BCUT2D eigenvalue weighted by molar-refractivity contribution is 7.15. The lowest BCUT2D eigenvalue weighted by Gasteiger charge is -2.32. The van der Waals surface area contributed by atoms with E-state index in [1.165, 1.54) is 11.3 Å². The van der Waals surface area contributed by atoms with E-state index in [1.807, 2.05) is 4.90 Å². The van der Waals surface area contributed by atoms with Crippen LogP contribution in [0, 0.1) is 5.92 Å². The molecular formula is C10H12ClF3N2S. The molecule has 1 aliphatic heterocycles. The van der Waals surface area contributed by atoms with Crippen molar-refractivity contribution in [2.45, 2.75) is 25.6 Å². The third-order valence-electron chi connectivity index (χ3n) is 2.96. The Balaban J connectivity index is 1.83. The summed E-state index contributed by atoms with van der Waals surface area (Å²) in [4.78, 5) is 6.93. The minimum Gasteiger partial charge on any atom is -0.298 e. The average Bonchev–Trinajstić information content (AvgIpc) is 2.63. The lowest BCUT2D eigenvalue weighted by Crippen LogP contribution is -2.38. The molecule has 1 aromatic rings. The predicted octanol–water partition coefficient (Wildman–Crippen LogP) is 3.57. The fourth-order valence-corrected chi connectivity index (χ4v) is 3.02. The van der Waals surface area contributed by atoms with E-state index in [0.717, 1.165) is 4.88 Å². The van der Waals surface area contributed by atoms with Gasteiger partial charge in [0.15, 0.2) is 4.47 Å². The molecule has 2 heterocycles. The lowest BCUT2D eigenvalue weighted by molar-refractivity contribution is -0.185. The molecular weight excluding hydrogens is 273 g/mol. The molecule has 0 spiro atoms. The Kier molecular flexibility index (Phi) is 3.95. The fourth-order valence-electron chi connectivity index (χ4n) is 2.00. The Morgan fingerprint density at radius 3 is 2.53 bits per heavy atom. The summed E-state index contributed by atoms with van der Waals surface area (Å²) in [6, 6.07) is 0. The second kappa shape index (κ2) is 5.12. The topological polar surface area (TPSA) is 16.1 Å². The van der Waals surface area contributed by atoms with E-state index in [4.69, 9.17) is 11.6 Å². The molecule has 0 atom stereocenters. The summed E-state index contributed by atoms with van der Waals surface area (Å²) in [5, 5.41) is 0. The number of hydrogen-bond donors (Lipinski definition) is 0. The van der Waals surface area contributed by atoms with Crippen molar-refractivity contribution in [2.24, 2.45) is 5.92 Å². The zero-order valence-electron chi connectivity index (χ0n) is 9.00. The molecule has 7 heteroatoms. The van der Waals surface area contributed by atoms with Crippen LogP contribution in [0.3, 0.4) is 0 Å². The maximum Gasteiger partial charge on any atom is 0.391 e. The monoisotopic (exact) mass is 284 g/mol. The van der Waals surface area contributed by atoms with Crippen molar-refractivity contribution >= 4 is 22.9 Å². The molecule has 0 aliphatic carbocycles. The minimum absolute atomic E-state index is 0.191. The minimum atomic E-state index is -4.04. The number of likely N-dealkylation sites (tertiary alicyclic amines) is 1. The fraction of sp³-hybridized carbons (Fsp3) is 0.700. The highest BCUT2D eigenvalue weighted by Crippen LogP contribution is 2.34. The molecule has 1 aliphatic rings. The van der Waals surface area contributed by atoms with Gasteiger partial charge in [-0.3, -0.25) is 4.90 Å². The van der Waals surface area contributed by atoms with Crippen molar-refractivity contribution in [2.75, 3.05) is 13.1 Å². The number of hydrogen-bond acceptors (Lipinski definition) is 3. The Bertz CT molecular complexity index is 372. The average molecular weight is 285 g/mol. The van der Waals surface area contributed by atoms with Gasteiger partial charge in [0.25, 0.3) is 0 Å². The molecule has 0 N–H and O–H groups in total. The van der Waals surface area contributed by atoms with Crippen molar-refractivity contribution in [1.29, 1.82) is 0 Å². The first-order chi connectivity index (χ1) is 7.95. The second-order valence-corrected chi connectivity index (χ2v) is 5.87. The van der Waals surface area contributed by atoms with Gasteiger partial charge in [-0.1, -0.05) is 11.6 Å². The van der Waals surface area contributed by atoms with Crippen molar-refractivity contribution in [3.8, 4) is 0 Å². The molecule has 0 saturated carbocycles. The van der Waals surface area contributed by atoms with Crippen LogP contribution < -0.4 is 0 Å². The van der Waals surface area contributed by atoms with E-state index in [9.17, 15) is 13.2 Å². The smallest absolute Gasteiger partial charge is 0.298 e. The van der Waals surface area contributed by atoms with Crippen molar-refractivity contribution in [3.63, 3.8) is 0 Å². The van der Waals surface area contributed by atoms with Gasteiger partial charge in [0.2, 0.25) is 0 Å². The molecule has 2 nitrogen and oxygen atoms in total. The first-order valence-corrected chi connectivity index (χ1v) is 6.54. The molecule has 0 amide bonds. The van der Waals surface area contributed by atoms with Crippen LogP contribution in [-0.2, 0) is 6.54 Å². The molecule has 2 rings (SSSR count). The third kappa shape index (κ3) is 3.56. The number of rotatable bonds is 2. The van der Waals surface area contributed by atoms with Crippen molar-refractivity contribution < 1.29 is 13.2 Å². The molecule has 1 saturated heterocycles. The van der Waals surface area contributed by atoms with Gasteiger partial charge >= 0.3 is 6.18 Å². The molecule has 0 aromatic carbocycles. The highest BCUT2D eigenvalue weighted by Gasteiger charge is 2.40. The van der Waals surface area contributed by atoms with Gasteiger partial charge in [-0.15, -0.1) is 11.3 Å². The molecule has 0 bridgehead atoms. The number of alkyl halides is 3. The third-order valence-corrected chi connectivity index (χ3v) is 4.05. The van der Waals surface area contributed by atoms with E-state index in [1.54, 1.807) is 6.20 Å². The molecule has 0 unspecified atom stereocenters. The SMILES string of the molecule is FC(F)(F)C1CCN(Cc2cnc(Cl)s2)CC1. The van der Waals surface area contributed by atoms with Crippen molar-refractivity contribution in [3.05, 3.63) is 15.5 Å². The lowest BCUT2D eigenvalue weighted by atomic mass is 9.96. The van der Waals surface area contributed by atoms with Gasteiger partial charge < -0.3 is 0 Å². The van der Waals surface area contributed by atoms with Gasteiger partial charge in [-0.05, 0) is 25.9 Å². The highest BCUT2D eigenvalue weighted by atomic mass is 35.5. The Morgan fingerprint density at radius 1 is 1.41 bits per heavy atom. The number of thiazole rings is 1. The molecule has 96 valence electrons. The van der Waals surface area contributed by atoms with Gasteiger partial charge in [0.1, 0.15) is 0 Å². The van der Waals surface area contributed by atoms with Crippen LogP contribution >= 0.6 is 22.9 Å². The first-order valence-electron chi connectivity index (χ1n) is 5.34. The van der Waals surface area contributed by atoms with Crippen LogP contribution in [-0.4, -0.2) is 29.1 Å². The van der Waals surface area contributed by atoms with Gasteiger partial charge in [-0.2, -0.15) is 13.2 Å². The largest absolute Gasteiger partial charge is 0.391 e. The second-order valence-electron chi connectivity index (χ2n) is 4.17.